The summed E-state index contributed by atoms with van der Waals surface area (Å²) >= 11 is 0. The molecule has 1 aliphatic rings. The highest BCUT2D eigenvalue weighted by Crippen LogP contribution is 2.21. The predicted molar refractivity (Wildman–Crippen MR) is 80.3 cm³/mol. The number of carbonyl (C=O) groups is 1. The van der Waals surface area contributed by atoms with Crippen LogP contribution < -0.4 is 10.1 Å². The molecule has 1 saturated heterocycles. The number of carbonyl (C=O) groups excluding carboxylic acids is 1. The molecule has 1 fully saturated rings. The third-order valence-corrected chi connectivity index (χ3v) is 3.97. The van der Waals surface area contributed by atoms with Gasteiger partial charge in [-0.15, -0.1) is 0 Å². The molecule has 4 heteroatoms. The fourth-order valence-corrected chi connectivity index (χ4v) is 2.79. The lowest BCUT2D eigenvalue weighted by molar-refractivity contribution is 0.0662. The van der Waals surface area contributed by atoms with Crippen molar-refractivity contribution < 1.29 is 9.53 Å². The first-order chi connectivity index (χ1) is 9.67. The third kappa shape index (κ3) is 3.12. The molecule has 1 aliphatic heterocycles. The van der Waals surface area contributed by atoms with E-state index in [2.05, 4.69) is 5.32 Å². The Morgan fingerprint density at radius 3 is 2.90 bits per heavy atom. The number of nitrogens with one attached hydrogen (secondary N) is 1. The number of hydrogen-bond acceptors (Lipinski definition) is 3. The largest absolute Gasteiger partial charge is 0.496 e. The van der Waals surface area contributed by atoms with Crippen LogP contribution in [0.1, 0.15) is 35.7 Å². The first kappa shape index (κ1) is 14.9. The second kappa shape index (κ2) is 6.75. The molecular weight excluding hydrogens is 252 g/mol. The summed E-state index contributed by atoms with van der Waals surface area (Å²) in [5, 5.41) is 3.37. The summed E-state index contributed by atoms with van der Waals surface area (Å²) in [6, 6.07) is 5.97. The maximum atomic E-state index is 12.7. The average Bonchev–Trinajstić information content (AvgIpc) is 2.49. The minimum atomic E-state index is 0.0968. The van der Waals surface area contributed by atoms with Gasteiger partial charge in [0.25, 0.3) is 5.91 Å². The number of rotatable bonds is 4. The first-order valence-electron chi connectivity index (χ1n) is 7.33. The lowest BCUT2D eigenvalue weighted by Crippen LogP contribution is -2.48. The number of methoxy groups -OCH3 is 1. The lowest BCUT2D eigenvalue weighted by Gasteiger charge is -2.34. The number of likely N-dealkylation sites (N-methyl/N-ethyl adjacent to an activating group) is 1. The molecule has 0 bridgehead atoms. The van der Waals surface area contributed by atoms with E-state index < -0.39 is 0 Å². The van der Waals surface area contributed by atoms with Crippen molar-refractivity contribution in [1.82, 2.24) is 10.2 Å². The monoisotopic (exact) mass is 276 g/mol. The molecule has 1 aromatic rings. The number of benzene rings is 1. The van der Waals surface area contributed by atoms with Gasteiger partial charge in [-0.05, 0) is 50.9 Å². The van der Waals surface area contributed by atoms with Crippen LogP contribution in [0.3, 0.4) is 0 Å². The second-order valence-corrected chi connectivity index (χ2v) is 5.28. The summed E-state index contributed by atoms with van der Waals surface area (Å²) in [4.78, 5) is 14.7. The molecule has 0 aromatic heterocycles. The first-order valence-corrected chi connectivity index (χ1v) is 7.33. The van der Waals surface area contributed by atoms with Gasteiger partial charge in [-0.2, -0.15) is 0 Å². The number of hydrogen-bond donors (Lipinski definition) is 1. The molecule has 1 atom stereocenters. The van der Waals surface area contributed by atoms with E-state index in [9.17, 15) is 4.79 Å². The number of nitrogens with zero attached hydrogens (tertiary/aromatic N) is 1. The maximum absolute atomic E-state index is 12.7. The van der Waals surface area contributed by atoms with Gasteiger partial charge in [-0.1, -0.05) is 6.07 Å². The van der Waals surface area contributed by atoms with Gasteiger partial charge in [-0.3, -0.25) is 4.79 Å². The van der Waals surface area contributed by atoms with E-state index in [1.165, 1.54) is 0 Å². The zero-order chi connectivity index (χ0) is 14.5. The van der Waals surface area contributed by atoms with Crippen LogP contribution in [0.25, 0.3) is 0 Å². The molecule has 2 rings (SSSR count). The number of piperidine rings is 1. The zero-order valence-electron chi connectivity index (χ0n) is 12.6. The fourth-order valence-electron chi connectivity index (χ4n) is 2.79. The van der Waals surface area contributed by atoms with Gasteiger partial charge in [-0.25, -0.2) is 0 Å². The Hall–Kier alpha value is -1.55. The molecule has 4 nitrogen and oxygen atoms in total. The van der Waals surface area contributed by atoms with Crippen molar-refractivity contribution in [2.24, 2.45) is 0 Å². The maximum Gasteiger partial charge on any atom is 0.254 e. The van der Waals surface area contributed by atoms with Crippen molar-refractivity contribution in [3.05, 3.63) is 29.3 Å². The van der Waals surface area contributed by atoms with Crippen LogP contribution in [-0.4, -0.2) is 43.6 Å². The van der Waals surface area contributed by atoms with Crippen LogP contribution >= 0.6 is 0 Å². The molecule has 0 saturated carbocycles. The summed E-state index contributed by atoms with van der Waals surface area (Å²) in [5.74, 6) is 0.869. The van der Waals surface area contributed by atoms with Crippen LogP contribution in [0.4, 0.5) is 0 Å². The molecule has 1 unspecified atom stereocenters. The zero-order valence-corrected chi connectivity index (χ0v) is 12.6. The number of ether oxygens (including phenoxy) is 1. The Bertz CT molecular complexity index is 468. The molecule has 20 heavy (non-hydrogen) atoms. The fraction of sp³-hybridized carbons (Fsp3) is 0.562. The smallest absolute Gasteiger partial charge is 0.254 e. The third-order valence-electron chi connectivity index (χ3n) is 3.97. The van der Waals surface area contributed by atoms with Gasteiger partial charge in [0, 0.05) is 24.7 Å². The molecule has 0 aliphatic carbocycles. The van der Waals surface area contributed by atoms with E-state index in [1.807, 2.05) is 36.9 Å². The second-order valence-electron chi connectivity index (χ2n) is 5.28. The highest BCUT2D eigenvalue weighted by Gasteiger charge is 2.25. The van der Waals surface area contributed by atoms with E-state index in [1.54, 1.807) is 7.11 Å². The van der Waals surface area contributed by atoms with Crippen molar-refractivity contribution in [2.75, 3.05) is 26.7 Å². The van der Waals surface area contributed by atoms with Crippen molar-refractivity contribution >= 4 is 5.91 Å². The quantitative estimate of drug-likeness (QED) is 0.917. The molecule has 1 heterocycles. The number of aryl methyl sites for hydroxylation is 1. The van der Waals surface area contributed by atoms with E-state index in [-0.39, 0.29) is 5.91 Å². The standard InChI is InChI=1S/C16H24N2O2/c1-4-18(14-6-5-9-17-11-14)16(19)13-8-7-12(2)15(10-13)20-3/h7-8,10,14,17H,4-6,9,11H2,1-3H3. The molecular formula is C16H24N2O2. The summed E-state index contributed by atoms with van der Waals surface area (Å²) in [6.07, 6.45) is 2.21. The minimum absolute atomic E-state index is 0.0968. The van der Waals surface area contributed by atoms with Gasteiger partial charge < -0.3 is 15.0 Å². The van der Waals surface area contributed by atoms with E-state index in [4.69, 9.17) is 4.74 Å². The van der Waals surface area contributed by atoms with Gasteiger partial charge in [0.15, 0.2) is 0 Å². The van der Waals surface area contributed by atoms with Crippen molar-refractivity contribution in [1.29, 1.82) is 0 Å². The van der Waals surface area contributed by atoms with E-state index in [0.717, 1.165) is 43.8 Å². The van der Waals surface area contributed by atoms with Crippen molar-refractivity contribution in [3.8, 4) is 5.75 Å². The van der Waals surface area contributed by atoms with Gasteiger partial charge in [0.2, 0.25) is 0 Å². The van der Waals surface area contributed by atoms with Gasteiger partial charge in [0.05, 0.1) is 7.11 Å². The van der Waals surface area contributed by atoms with Crippen LogP contribution in [0, 0.1) is 6.92 Å². The lowest BCUT2D eigenvalue weighted by atomic mass is 10.0. The normalized spacial score (nSPS) is 18.6. The molecule has 1 aromatic carbocycles. The Morgan fingerprint density at radius 2 is 2.30 bits per heavy atom. The SMILES string of the molecule is CCN(C(=O)c1ccc(C)c(OC)c1)C1CCCNC1. The van der Waals surface area contributed by atoms with Crippen LogP contribution in [0.2, 0.25) is 0 Å². The molecule has 1 amide bonds. The van der Waals surface area contributed by atoms with Crippen molar-refractivity contribution in [3.63, 3.8) is 0 Å². The highest BCUT2D eigenvalue weighted by atomic mass is 16.5. The highest BCUT2D eigenvalue weighted by molar-refractivity contribution is 5.95. The van der Waals surface area contributed by atoms with E-state index in [0.29, 0.717) is 11.6 Å². The van der Waals surface area contributed by atoms with Crippen LogP contribution in [-0.2, 0) is 0 Å². The molecule has 1 N–H and O–H groups in total. The Kier molecular flexibility index (Phi) is 5.01. The van der Waals surface area contributed by atoms with Gasteiger partial charge >= 0.3 is 0 Å². The van der Waals surface area contributed by atoms with Gasteiger partial charge in [0.1, 0.15) is 5.75 Å². The minimum Gasteiger partial charge on any atom is -0.496 e. The summed E-state index contributed by atoms with van der Waals surface area (Å²) in [7, 11) is 1.64. The summed E-state index contributed by atoms with van der Waals surface area (Å²) < 4.78 is 5.31. The molecule has 110 valence electrons. The van der Waals surface area contributed by atoms with Crippen molar-refractivity contribution in [2.45, 2.75) is 32.7 Å². The van der Waals surface area contributed by atoms with Crippen LogP contribution in [0.5, 0.6) is 5.75 Å². The Morgan fingerprint density at radius 1 is 1.50 bits per heavy atom. The predicted octanol–water partition coefficient (Wildman–Crippen LogP) is 2.22. The summed E-state index contributed by atoms with van der Waals surface area (Å²) in [5.41, 5.74) is 1.76. The van der Waals surface area contributed by atoms with E-state index >= 15 is 0 Å². The average molecular weight is 276 g/mol. The van der Waals surface area contributed by atoms with Crippen LogP contribution in [0.15, 0.2) is 18.2 Å². The number of amides is 1. The Labute approximate surface area is 121 Å². The molecule has 0 spiro atoms. The molecule has 0 radical (unpaired) electrons. The Balaban J connectivity index is 2.19. The topological polar surface area (TPSA) is 41.6 Å². The summed E-state index contributed by atoms with van der Waals surface area (Å²) in [6.45, 7) is 6.71.